The summed E-state index contributed by atoms with van der Waals surface area (Å²) in [5.74, 6) is 0.388. The average molecular weight is 467 g/mol. The van der Waals surface area contributed by atoms with E-state index in [0.717, 1.165) is 29.7 Å². The standard InChI is InChI=1S/C28H22N2O3S/c1-33-22-13-7-11-19(26(22)31)16-23-27(32)30-25(18-9-3-2-4-10-18)21-15-14-17-8-5-6-12-20(17)24(21)29-28(30)34-23/h2-13,16,25,31H,14-15H2,1H3/b23-16+/t25-/m1/s1. The molecule has 0 fully saturated rings. The molecule has 2 heterocycles. The number of aromatic hydroxyl groups is 1. The van der Waals surface area contributed by atoms with Crippen molar-refractivity contribution in [2.75, 3.05) is 7.11 Å². The van der Waals surface area contributed by atoms with E-state index in [1.54, 1.807) is 24.3 Å². The number of methoxy groups -OCH3 is 1. The van der Waals surface area contributed by atoms with E-state index >= 15 is 0 Å². The van der Waals surface area contributed by atoms with Gasteiger partial charge in [0.15, 0.2) is 16.3 Å². The number of ether oxygens (including phenoxy) is 1. The molecule has 6 rings (SSSR count). The molecule has 2 aliphatic rings. The molecular weight excluding hydrogens is 444 g/mol. The van der Waals surface area contributed by atoms with Gasteiger partial charge in [0.25, 0.3) is 5.56 Å². The maximum Gasteiger partial charge on any atom is 0.271 e. The van der Waals surface area contributed by atoms with Crippen LogP contribution < -0.4 is 19.6 Å². The summed E-state index contributed by atoms with van der Waals surface area (Å²) in [7, 11) is 1.51. The van der Waals surface area contributed by atoms with Crippen LogP contribution in [-0.4, -0.2) is 16.8 Å². The van der Waals surface area contributed by atoms with Gasteiger partial charge in [-0.25, -0.2) is 4.99 Å². The Bertz CT molecular complexity index is 1630. The molecule has 6 heteroatoms. The van der Waals surface area contributed by atoms with E-state index in [0.29, 0.717) is 20.6 Å². The highest BCUT2D eigenvalue weighted by molar-refractivity contribution is 7.07. The second-order valence-corrected chi connectivity index (χ2v) is 9.43. The van der Waals surface area contributed by atoms with Crippen LogP contribution in [0.25, 0.3) is 11.8 Å². The van der Waals surface area contributed by atoms with E-state index in [1.165, 1.54) is 29.6 Å². The van der Waals surface area contributed by atoms with Gasteiger partial charge in [0.2, 0.25) is 0 Å². The maximum atomic E-state index is 13.7. The molecule has 0 saturated carbocycles. The summed E-state index contributed by atoms with van der Waals surface area (Å²) in [6, 6.07) is 23.6. The molecule has 168 valence electrons. The maximum absolute atomic E-state index is 13.7. The highest BCUT2D eigenvalue weighted by atomic mass is 32.1. The minimum Gasteiger partial charge on any atom is -0.504 e. The van der Waals surface area contributed by atoms with E-state index < -0.39 is 0 Å². The average Bonchev–Trinajstić information content (AvgIpc) is 3.19. The van der Waals surface area contributed by atoms with Gasteiger partial charge in [-0.15, -0.1) is 0 Å². The zero-order valence-electron chi connectivity index (χ0n) is 18.6. The number of phenols is 1. The summed E-state index contributed by atoms with van der Waals surface area (Å²) in [5.41, 5.74) is 6.09. The Balaban J connectivity index is 1.62. The number of para-hydroxylation sites is 1. The highest BCUT2D eigenvalue weighted by Gasteiger charge is 2.32. The van der Waals surface area contributed by atoms with Crippen LogP contribution in [-0.2, 0) is 6.42 Å². The molecule has 0 amide bonds. The number of hydrogen-bond acceptors (Lipinski definition) is 5. The lowest BCUT2D eigenvalue weighted by Crippen LogP contribution is -2.38. The van der Waals surface area contributed by atoms with Crippen molar-refractivity contribution in [3.63, 3.8) is 0 Å². The smallest absolute Gasteiger partial charge is 0.271 e. The minimum atomic E-state index is -0.207. The predicted octanol–water partition coefficient (Wildman–Crippen LogP) is 4.03. The molecule has 0 spiro atoms. The van der Waals surface area contributed by atoms with E-state index in [-0.39, 0.29) is 17.4 Å². The van der Waals surface area contributed by atoms with Gasteiger partial charge in [-0.05, 0) is 41.7 Å². The van der Waals surface area contributed by atoms with E-state index in [9.17, 15) is 9.90 Å². The molecule has 0 bridgehead atoms. The molecule has 1 aliphatic carbocycles. The second kappa shape index (κ2) is 8.15. The first kappa shape index (κ1) is 20.7. The van der Waals surface area contributed by atoms with Gasteiger partial charge in [-0.3, -0.25) is 9.36 Å². The Morgan fingerprint density at radius 3 is 2.65 bits per heavy atom. The van der Waals surface area contributed by atoms with Gasteiger partial charge in [0.05, 0.1) is 23.4 Å². The number of nitrogens with zero attached hydrogens (tertiary/aromatic N) is 2. The lowest BCUT2D eigenvalue weighted by atomic mass is 9.83. The summed E-state index contributed by atoms with van der Waals surface area (Å²) in [4.78, 5) is 19.4. The summed E-state index contributed by atoms with van der Waals surface area (Å²) in [6.07, 6.45) is 3.51. The lowest BCUT2D eigenvalue weighted by molar-refractivity contribution is 0.373. The van der Waals surface area contributed by atoms with Crippen molar-refractivity contribution in [1.82, 2.24) is 4.57 Å². The number of phenolic OH excluding ortho intramolecular Hbond substituents is 1. The third kappa shape index (κ3) is 3.22. The molecule has 1 N–H and O–H groups in total. The van der Waals surface area contributed by atoms with Crippen LogP contribution in [0, 0.1) is 0 Å². The Morgan fingerprint density at radius 2 is 1.82 bits per heavy atom. The Morgan fingerprint density at radius 1 is 1.03 bits per heavy atom. The fourth-order valence-electron chi connectivity index (χ4n) is 4.92. The number of fused-ring (bicyclic) bond motifs is 3. The number of thiazole rings is 1. The molecular formula is C28H22N2O3S. The van der Waals surface area contributed by atoms with Crippen molar-refractivity contribution >= 4 is 23.1 Å². The van der Waals surface area contributed by atoms with Crippen LogP contribution in [0.2, 0.25) is 0 Å². The normalized spacial score (nSPS) is 17.0. The quantitative estimate of drug-likeness (QED) is 0.496. The molecule has 0 unspecified atom stereocenters. The predicted molar refractivity (Wildman–Crippen MR) is 134 cm³/mol. The molecule has 1 atom stereocenters. The molecule has 4 aromatic rings. The van der Waals surface area contributed by atoms with Crippen molar-refractivity contribution in [3.8, 4) is 11.5 Å². The van der Waals surface area contributed by atoms with E-state index in [1.807, 2.05) is 28.8 Å². The van der Waals surface area contributed by atoms with Gasteiger partial charge in [0.1, 0.15) is 0 Å². The molecule has 1 aromatic heterocycles. The zero-order chi connectivity index (χ0) is 23.2. The third-order valence-electron chi connectivity index (χ3n) is 6.52. The molecule has 3 aromatic carbocycles. The summed E-state index contributed by atoms with van der Waals surface area (Å²) in [5, 5.41) is 10.6. The first-order valence-electron chi connectivity index (χ1n) is 11.2. The van der Waals surface area contributed by atoms with Crippen molar-refractivity contribution in [1.29, 1.82) is 0 Å². The number of allylic oxidation sites excluding steroid dienone is 1. The van der Waals surface area contributed by atoms with Crippen LogP contribution in [0.15, 0.2) is 88.2 Å². The van der Waals surface area contributed by atoms with Crippen molar-refractivity contribution in [2.45, 2.75) is 18.9 Å². The third-order valence-corrected chi connectivity index (χ3v) is 7.51. The fourth-order valence-corrected chi connectivity index (χ4v) is 5.91. The van der Waals surface area contributed by atoms with E-state index in [4.69, 9.17) is 9.73 Å². The SMILES string of the molecule is COc1cccc(/C=c2/sc3n(c2=O)[C@H](c2ccccc2)C2=C(N=3)c3ccccc3CC2)c1O. The zero-order valence-corrected chi connectivity index (χ0v) is 19.4. The summed E-state index contributed by atoms with van der Waals surface area (Å²) < 4.78 is 7.57. The van der Waals surface area contributed by atoms with E-state index in [2.05, 4.69) is 30.3 Å². The number of aryl methyl sites for hydroxylation is 1. The van der Waals surface area contributed by atoms with Crippen LogP contribution in [0.5, 0.6) is 11.5 Å². The van der Waals surface area contributed by atoms with Gasteiger partial charge in [0, 0.05) is 11.1 Å². The lowest BCUT2D eigenvalue weighted by Gasteiger charge is -2.30. The molecule has 0 saturated heterocycles. The monoisotopic (exact) mass is 466 g/mol. The summed E-state index contributed by atoms with van der Waals surface area (Å²) >= 11 is 1.35. The fraction of sp³-hybridized carbons (Fsp3) is 0.143. The van der Waals surface area contributed by atoms with Crippen LogP contribution >= 0.6 is 11.3 Å². The minimum absolute atomic E-state index is 0.0173. The van der Waals surface area contributed by atoms with Crippen molar-refractivity contribution in [3.05, 3.63) is 120 Å². The van der Waals surface area contributed by atoms with Crippen LogP contribution in [0.1, 0.15) is 34.7 Å². The molecule has 5 nitrogen and oxygen atoms in total. The molecule has 34 heavy (non-hydrogen) atoms. The first-order valence-corrected chi connectivity index (χ1v) is 12.0. The molecule has 0 radical (unpaired) electrons. The van der Waals surface area contributed by atoms with Gasteiger partial charge in [-0.2, -0.15) is 0 Å². The molecule has 1 aliphatic heterocycles. The Labute approximate surface area is 200 Å². The van der Waals surface area contributed by atoms with Gasteiger partial charge >= 0.3 is 0 Å². The topological polar surface area (TPSA) is 63.8 Å². The van der Waals surface area contributed by atoms with Gasteiger partial charge in [-0.1, -0.05) is 78.1 Å². The largest absolute Gasteiger partial charge is 0.504 e. The van der Waals surface area contributed by atoms with Crippen molar-refractivity contribution in [2.24, 2.45) is 4.99 Å². The first-order chi connectivity index (χ1) is 16.7. The number of aromatic nitrogens is 1. The van der Waals surface area contributed by atoms with Crippen LogP contribution in [0.3, 0.4) is 0 Å². The highest BCUT2D eigenvalue weighted by Crippen LogP contribution is 2.41. The number of benzene rings is 3. The number of rotatable bonds is 3. The summed E-state index contributed by atoms with van der Waals surface area (Å²) in [6.45, 7) is 0. The Kier molecular flexibility index (Phi) is 4.96. The Hall–Kier alpha value is -3.90. The van der Waals surface area contributed by atoms with Crippen molar-refractivity contribution < 1.29 is 9.84 Å². The van der Waals surface area contributed by atoms with Crippen LogP contribution in [0.4, 0.5) is 0 Å². The second-order valence-electron chi connectivity index (χ2n) is 8.42. The van der Waals surface area contributed by atoms with Gasteiger partial charge < -0.3 is 9.84 Å². The number of hydrogen-bond donors (Lipinski definition) is 1.